The molecule has 0 spiro atoms. The molecule has 0 atom stereocenters. The van der Waals surface area contributed by atoms with Crippen LogP contribution in [0.15, 0.2) is 40.5 Å². The maximum absolute atomic E-state index is 11.1. The molecule has 0 aliphatic rings. The van der Waals surface area contributed by atoms with Crippen molar-refractivity contribution in [2.24, 2.45) is 10.2 Å². The van der Waals surface area contributed by atoms with Crippen LogP contribution in [0.3, 0.4) is 0 Å². The Morgan fingerprint density at radius 2 is 1.88 bits per heavy atom. The van der Waals surface area contributed by atoms with Gasteiger partial charge < -0.3 is 0 Å². The molecule has 17 heavy (non-hydrogen) atoms. The highest BCUT2D eigenvalue weighted by molar-refractivity contribution is 7.88. The van der Waals surface area contributed by atoms with E-state index in [2.05, 4.69) is 10.2 Å². The van der Waals surface area contributed by atoms with Crippen LogP contribution in [0, 0.1) is 0 Å². The van der Waals surface area contributed by atoms with Gasteiger partial charge in [-0.3, -0.25) is 4.31 Å². The summed E-state index contributed by atoms with van der Waals surface area (Å²) in [4.78, 5) is 0. The summed E-state index contributed by atoms with van der Waals surface area (Å²) in [7, 11) is -1.84. The van der Waals surface area contributed by atoms with Crippen molar-refractivity contribution in [2.45, 2.75) is 6.92 Å². The standard InChI is InChI=1S/C11H15N3O2S/c1-10(11-7-5-4-6-8-11)13-12-9-14(2)17(3,15)16/h4-9H,1-3H3. The molecule has 0 saturated carbocycles. The first kappa shape index (κ1) is 13.4. The summed E-state index contributed by atoms with van der Waals surface area (Å²) in [6.07, 6.45) is 2.27. The zero-order valence-electron chi connectivity index (χ0n) is 10.0. The molecule has 0 radical (unpaired) electrons. The van der Waals surface area contributed by atoms with Crippen molar-refractivity contribution in [2.75, 3.05) is 13.3 Å². The van der Waals surface area contributed by atoms with Gasteiger partial charge in [-0.25, -0.2) is 8.42 Å². The highest BCUT2D eigenvalue weighted by Gasteiger charge is 2.04. The fraction of sp³-hybridized carbons (Fsp3) is 0.273. The zero-order valence-corrected chi connectivity index (χ0v) is 10.8. The predicted octanol–water partition coefficient (Wildman–Crippen LogP) is 1.33. The Balaban J connectivity index is 2.76. The summed E-state index contributed by atoms with van der Waals surface area (Å²) in [5, 5.41) is 7.65. The van der Waals surface area contributed by atoms with E-state index in [1.54, 1.807) is 0 Å². The summed E-state index contributed by atoms with van der Waals surface area (Å²) in [6, 6.07) is 9.54. The SMILES string of the molecule is CC(=NN=CN(C)S(C)(=O)=O)c1ccccc1. The Kier molecular flexibility index (Phi) is 4.39. The Labute approximate surface area is 102 Å². The van der Waals surface area contributed by atoms with Gasteiger partial charge in [0.15, 0.2) is 0 Å². The molecule has 0 saturated heterocycles. The van der Waals surface area contributed by atoms with Crippen LogP contribution in [-0.4, -0.2) is 38.1 Å². The summed E-state index contributed by atoms with van der Waals surface area (Å²) >= 11 is 0. The Hall–Kier alpha value is -1.69. The number of sulfonamides is 1. The lowest BCUT2D eigenvalue weighted by Gasteiger charge is -2.07. The molecule has 0 bridgehead atoms. The maximum Gasteiger partial charge on any atom is 0.232 e. The van der Waals surface area contributed by atoms with Gasteiger partial charge in [-0.2, -0.15) is 5.10 Å². The minimum Gasteiger partial charge on any atom is -0.262 e. The van der Waals surface area contributed by atoms with Crippen LogP contribution in [0.5, 0.6) is 0 Å². The normalized spacial score (nSPS) is 13.0. The minimum absolute atomic E-state index is 0.726. The second-order valence-electron chi connectivity index (χ2n) is 3.56. The molecule has 6 heteroatoms. The van der Waals surface area contributed by atoms with Crippen LogP contribution in [0.2, 0.25) is 0 Å². The number of benzene rings is 1. The summed E-state index contributed by atoms with van der Waals surface area (Å²) in [5.41, 5.74) is 1.68. The molecule has 5 nitrogen and oxygen atoms in total. The van der Waals surface area contributed by atoms with Crippen LogP contribution in [0.1, 0.15) is 12.5 Å². The lowest BCUT2D eigenvalue weighted by atomic mass is 10.1. The molecule has 0 amide bonds. The largest absolute Gasteiger partial charge is 0.262 e. The number of nitrogens with zero attached hydrogens (tertiary/aromatic N) is 3. The van der Waals surface area contributed by atoms with Crippen molar-refractivity contribution in [1.29, 1.82) is 0 Å². The van der Waals surface area contributed by atoms with Crippen LogP contribution in [0.4, 0.5) is 0 Å². The monoisotopic (exact) mass is 253 g/mol. The third-order valence-electron chi connectivity index (χ3n) is 2.14. The molecule has 0 unspecified atom stereocenters. The lowest BCUT2D eigenvalue weighted by molar-refractivity contribution is 0.562. The van der Waals surface area contributed by atoms with E-state index in [1.165, 1.54) is 13.4 Å². The third kappa shape index (κ3) is 4.36. The highest BCUT2D eigenvalue weighted by Crippen LogP contribution is 2.00. The summed E-state index contributed by atoms with van der Waals surface area (Å²) in [6.45, 7) is 1.81. The Morgan fingerprint density at radius 1 is 1.29 bits per heavy atom. The van der Waals surface area contributed by atoms with Gasteiger partial charge in [0.25, 0.3) is 0 Å². The first-order valence-electron chi connectivity index (χ1n) is 4.97. The zero-order chi connectivity index (χ0) is 12.9. The van der Waals surface area contributed by atoms with E-state index in [0.29, 0.717) is 0 Å². The second kappa shape index (κ2) is 5.58. The molecule has 0 heterocycles. The quantitative estimate of drug-likeness (QED) is 0.461. The van der Waals surface area contributed by atoms with Crippen molar-refractivity contribution in [3.8, 4) is 0 Å². The molecule has 0 aliphatic heterocycles. The average Bonchev–Trinajstić information content (AvgIpc) is 2.28. The Morgan fingerprint density at radius 3 is 2.41 bits per heavy atom. The van der Waals surface area contributed by atoms with E-state index in [9.17, 15) is 8.42 Å². The summed E-state index contributed by atoms with van der Waals surface area (Å²) < 4.78 is 23.1. The molecular weight excluding hydrogens is 238 g/mol. The second-order valence-corrected chi connectivity index (χ2v) is 5.60. The highest BCUT2D eigenvalue weighted by atomic mass is 32.2. The minimum atomic E-state index is -3.25. The van der Waals surface area contributed by atoms with Gasteiger partial charge in [-0.05, 0) is 12.5 Å². The van der Waals surface area contributed by atoms with E-state index >= 15 is 0 Å². The number of hydrogen-bond acceptors (Lipinski definition) is 4. The van der Waals surface area contributed by atoms with Crippen molar-refractivity contribution in [3.05, 3.63) is 35.9 Å². The molecule has 92 valence electrons. The van der Waals surface area contributed by atoms with Gasteiger partial charge in [0.2, 0.25) is 10.0 Å². The topological polar surface area (TPSA) is 62.1 Å². The molecule has 1 aromatic rings. The molecular formula is C11H15N3O2S. The van der Waals surface area contributed by atoms with Crippen molar-refractivity contribution < 1.29 is 8.42 Å². The third-order valence-corrected chi connectivity index (χ3v) is 3.28. The van der Waals surface area contributed by atoms with Gasteiger partial charge in [-0.1, -0.05) is 30.3 Å². The van der Waals surface area contributed by atoms with Crippen molar-refractivity contribution in [3.63, 3.8) is 0 Å². The van der Waals surface area contributed by atoms with Crippen LogP contribution < -0.4 is 0 Å². The van der Waals surface area contributed by atoms with E-state index < -0.39 is 10.0 Å². The lowest BCUT2D eigenvalue weighted by Crippen LogP contribution is -2.23. The van der Waals surface area contributed by atoms with Crippen LogP contribution >= 0.6 is 0 Å². The van der Waals surface area contributed by atoms with Gasteiger partial charge in [0.05, 0.1) is 12.0 Å². The molecule has 0 fully saturated rings. The molecule has 0 aromatic heterocycles. The van der Waals surface area contributed by atoms with Crippen LogP contribution in [-0.2, 0) is 10.0 Å². The van der Waals surface area contributed by atoms with Gasteiger partial charge >= 0.3 is 0 Å². The number of hydrogen-bond donors (Lipinski definition) is 0. The number of rotatable bonds is 4. The van der Waals surface area contributed by atoms with E-state index in [-0.39, 0.29) is 0 Å². The van der Waals surface area contributed by atoms with E-state index in [0.717, 1.165) is 21.8 Å². The fourth-order valence-corrected chi connectivity index (χ4v) is 1.22. The maximum atomic E-state index is 11.1. The molecule has 1 aromatic carbocycles. The predicted molar refractivity (Wildman–Crippen MR) is 69.8 cm³/mol. The van der Waals surface area contributed by atoms with Crippen molar-refractivity contribution >= 4 is 22.1 Å². The van der Waals surface area contributed by atoms with E-state index in [1.807, 2.05) is 37.3 Å². The first-order valence-corrected chi connectivity index (χ1v) is 6.82. The fourth-order valence-electron chi connectivity index (χ4n) is 1.01. The van der Waals surface area contributed by atoms with Gasteiger partial charge in [0, 0.05) is 7.05 Å². The van der Waals surface area contributed by atoms with Crippen LogP contribution in [0.25, 0.3) is 0 Å². The molecule has 0 N–H and O–H groups in total. The van der Waals surface area contributed by atoms with Crippen molar-refractivity contribution in [1.82, 2.24) is 4.31 Å². The Bertz CT molecular complexity index is 521. The smallest absolute Gasteiger partial charge is 0.232 e. The average molecular weight is 253 g/mol. The molecule has 1 rings (SSSR count). The molecule has 0 aliphatic carbocycles. The van der Waals surface area contributed by atoms with E-state index in [4.69, 9.17) is 0 Å². The van der Waals surface area contributed by atoms with Gasteiger partial charge in [-0.15, -0.1) is 5.10 Å². The summed E-state index contributed by atoms with van der Waals surface area (Å²) in [5.74, 6) is 0. The van der Waals surface area contributed by atoms with Gasteiger partial charge in [0.1, 0.15) is 6.34 Å². The first-order chi connectivity index (χ1) is 7.91.